The number of nitriles is 1. The Morgan fingerprint density at radius 3 is 2.35 bits per heavy atom. The second kappa shape index (κ2) is 5.83. The molecule has 0 saturated heterocycles. The van der Waals surface area contributed by atoms with Gasteiger partial charge in [-0.25, -0.2) is 0 Å². The molecule has 0 amide bonds. The van der Waals surface area contributed by atoms with E-state index < -0.39 is 0 Å². The van der Waals surface area contributed by atoms with E-state index in [1.807, 2.05) is 48.5 Å². The Kier molecular flexibility index (Phi) is 3.90. The lowest BCUT2D eigenvalue weighted by Gasteiger charge is -2.05. The summed E-state index contributed by atoms with van der Waals surface area (Å²) < 4.78 is 5.60. The van der Waals surface area contributed by atoms with Gasteiger partial charge in [0.05, 0.1) is 24.8 Å². The first-order valence-corrected chi connectivity index (χ1v) is 5.50. The van der Waals surface area contributed by atoms with Crippen LogP contribution in [0, 0.1) is 11.3 Å². The van der Waals surface area contributed by atoms with Crippen molar-refractivity contribution in [3.63, 3.8) is 0 Å². The monoisotopic (exact) mass is 223 g/mol. The summed E-state index contributed by atoms with van der Waals surface area (Å²) in [6, 6.07) is 19.7. The molecule has 0 aliphatic rings. The summed E-state index contributed by atoms with van der Waals surface area (Å²) in [4.78, 5) is 0. The summed E-state index contributed by atoms with van der Waals surface area (Å²) in [5, 5.41) is 8.93. The van der Waals surface area contributed by atoms with E-state index in [-0.39, 0.29) is 0 Å². The maximum absolute atomic E-state index is 8.93. The molecule has 0 atom stereocenters. The minimum absolute atomic E-state index is 0.471. The van der Waals surface area contributed by atoms with Gasteiger partial charge < -0.3 is 4.74 Å². The normalized spacial score (nSPS) is 9.82. The Bertz CT molecular complexity index is 514. The van der Waals surface area contributed by atoms with E-state index in [9.17, 15) is 0 Å². The van der Waals surface area contributed by atoms with Gasteiger partial charge in [-0.3, -0.25) is 0 Å². The number of nitrogens with zero attached hydrogens (tertiary/aromatic N) is 1. The van der Waals surface area contributed by atoms with Crippen LogP contribution in [0.5, 0.6) is 0 Å². The number of rotatable bonds is 4. The van der Waals surface area contributed by atoms with E-state index >= 15 is 0 Å². The first-order valence-electron chi connectivity index (χ1n) is 5.50. The van der Waals surface area contributed by atoms with Crippen molar-refractivity contribution in [3.8, 4) is 6.07 Å². The van der Waals surface area contributed by atoms with Crippen molar-refractivity contribution >= 4 is 0 Å². The molecule has 0 spiro atoms. The molecule has 2 rings (SSSR count). The molecule has 84 valence electrons. The van der Waals surface area contributed by atoms with E-state index in [4.69, 9.17) is 10.00 Å². The highest BCUT2D eigenvalue weighted by atomic mass is 16.5. The molecular weight excluding hydrogens is 210 g/mol. The minimum Gasteiger partial charge on any atom is -0.372 e. The molecule has 0 fully saturated rings. The van der Waals surface area contributed by atoms with E-state index in [1.165, 1.54) is 0 Å². The fourth-order valence-corrected chi connectivity index (χ4v) is 1.61. The minimum atomic E-state index is 0.471. The summed E-state index contributed by atoms with van der Waals surface area (Å²) in [5.74, 6) is 0. The maximum Gasteiger partial charge on any atom is 0.0995 e. The standard InChI is InChI=1S/C15H13NO/c16-10-14-8-4-5-9-15(14)12-17-11-13-6-2-1-3-7-13/h1-9H,11-12H2. The molecule has 0 unspecified atom stereocenters. The fraction of sp³-hybridized carbons (Fsp3) is 0.133. The molecule has 2 aromatic rings. The zero-order valence-corrected chi connectivity index (χ0v) is 9.47. The van der Waals surface area contributed by atoms with E-state index in [0.29, 0.717) is 18.8 Å². The van der Waals surface area contributed by atoms with Crippen molar-refractivity contribution in [1.29, 1.82) is 5.26 Å². The highest BCUT2D eigenvalue weighted by Crippen LogP contribution is 2.10. The van der Waals surface area contributed by atoms with Gasteiger partial charge in [-0.15, -0.1) is 0 Å². The third-order valence-corrected chi connectivity index (χ3v) is 2.51. The summed E-state index contributed by atoms with van der Waals surface area (Å²) in [7, 11) is 0. The molecular formula is C15H13NO. The first-order chi connectivity index (χ1) is 8.40. The fourth-order valence-electron chi connectivity index (χ4n) is 1.61. The van der Waals surface area contributed by atoms with Crippen LogP contribution in [0.1, 0.15) is 16.7 Å². The van der Waals surface area contributed by atoms with Crippen molar-refractivity contribution < 1.29 is 4.74 Å². The lowest BCUT2D eigenvalue weighted by Crippen LogP contribution is -1.96. The van der Waals surface area contributed by atoms with Gasteiger partial charge in [-0.05, 0) is 17.2 Å². The lowest BCUT2D eigenvalue weighted by atomic mass is 10.1. The second-order valence-corrected chi connectivity index (χ2v) is 3.75. The lowest BCUT2D eigenvalue weighted by molar-refractivity contribution is 0.107. The zero-order chi connectivity index (χ0) is 11.9. The van der Waals surface area contributed by atoms with Crippen LogP contribution in [-0.4, -0.2) is 0 Å². The Labute approximate surface area is 101 Å². The van der Waals surface area contributed by atoms with Crippen LogP contribution in [0.25, 0.3) is 0 Å². The van der Waals surface area contributed by atoms with Crippen LogP contribution in [0.2, 0.25) is 0 Å². The van der Waals surface area contributed by atoms with Gasteiger partial charge in [0.1, 0.15) is 0 Å². The SMILES string of the molecule is N#Cc1ccccc1COCc1ccccc1. The predicted molar refractivity (Wildman–Crippen MR) is 66.1 cm³/mol. The molecule has 0 aliphatic carbocycles. The predicted octanol–water partition coefficient (Wildman–Crippen LogP) is 3.28. The number of benzene rings is 2. The van der Waals surface area contributed by atoms with Gasteiger partial charge in [0.2, 0.25) is 0 Å². The Hall–Kier alpha value is -2.11. The third-order valence-electron chi connectivity index (χ3n) is 2.51. The first kappa shape index (κ1) is 11.4. The van der Waals surface area contributed by atoms with Crippen molar-refractivity contribution in [2.75, 3.05) is 0 Å². The second-order valence-electron chi connectivity index (χ2n) is 3.75. The number of ether oxygens (including phenoxy) is 1. The molecule has 0 aromatic heterocycles. The quantitative estimate of drug-likeness (QED) is 0.796. The van der Waals surface area contributed by atoms with Gasteiger partial charge in [0.15, 0.2) is 0 Å². The van der Waals surface area contributed by atoms with Crippen molar-refractivity contribution in [3.05, 3.63) is 71.3 Å². The smallest absolute Gasteiger partial charge is 0.0995 e. The van der Waals surface area contributed by atoms with Crippen molar-refractivity contribution in [1.82, 2.24) is 0 Å². The van der Waals surface area contributed by atoms with E-state index in [0.717, 1.165) is 11.1 Å². The zero-order valence-electron chi connectivity index (χ0n) is 9.47. The van der Waals surface area contributed by atoms with Gasteiger partial charge >= 0.3 is 0 Å². The molecule has 0 saturated carbocycles. The molecule has 0 radical (unpaired) electrons. The Balaban J connectivity index is 1.93. The average Bonchev–Trinajstić information content (AvgIpc) is 2.40. The molecule has 2 nitrogen and oxygen atoms in total. The summed E-state index contributed by atoms with van der Waals surface area (Å²) in [6.07, 6.45) is 0. The topological polar surface area (TPSA) is 33.0 Å². The average molecular weight is 223 g/mol. The molecule has 0 N–H and O–H groups in total. The Morgan fingerprint density at radius 2 is 1.59 bits per heavy atom. The van der Waals surface area contributed by atoms with Gasteiger partial charge in [0.25, 0.3) is 0 Å². The largest absolute Gasteiger partial charge is 0.372 e. The van der Waals surface area contributed by atoms with Crippen LogP contribution in [0.4, 0.5) is 0 Å². The molecule has 2 aromatic carbocycles. The molecule has 0 aliphatic heterocycles. The summed E-state index contributed by atoms with van der Waals surface area (Å²) >= 11 is 0. The molecule has 0 heterocycles. The maximum atomic E-state index is 8.93. The van der Waals surface area contributed by atoms with Crippen molar-refractivity contribution in [2.45, 2.75) is 13.2 Å². The van der Waals surface area contributed by atoms with Crippen LogP contribution in [-0.2, 0) is 18.0 Å². The van der Waals surface area contributed by atoms with Crippen LogP contribution >= 0.6 is 0 Å². The summed E-state index contributed by atoms with van der Waals surface area (Å²) in [5.41, 5.74) is 2.76. The third kappa shape index (κ3) is 3.17. The van der Waals surface area contributed by atoms with Gasteiger partial charge in [-0.1, -0.05) is 48.5 Å². The number of hydrogen-bond acceptors (Lipinski definition) is 2. The Morgan fingerprint density at radius 1 is 0.882 bits per heavy atom. The van der Waals surface area contributed by atoms with Crippen LogP contribution in [0.15, 0.2) is 54.6 Å². The van der Waals surface area contributed by atoms with Gasteiger partial charge in [0, 0.05) is 0 Å². The number of hydrogen-bond donors (Lipinski definition) is 0. The van der Waals surface area contributed by atoms with E-state index in [2.05, 4.69) is 6.07 Å². The van der Waals surface area contributed by atoms with Crippen LogP contribution < -0.4 is 0 Å². The van der Waals surface area contributed by atoms with Crippen LogP contribution in [0.3, 0.4) is 0 Å². The molecule has 2 heteroatoms. The highest BCUT2D eigenvalue weighted by molar-refractivity contribution is 5.36. The van der Waals surface area contributed by atoms with E-state index in [1.54, 1.807) is 6.07 Å². The molecule has 0 bridgehead atoms. The van der Waals surface area contributed by atoms with Gasteiger partial charge in [-0.2, -0.15) is 5.26 Å². The molecule has 17 heavy (non-hydrogen) atoms. The van der Waals surface area contributed by atoms with Crippen molar-refractivity contribution in [2.24, 2.45) is 0 Å². The summed E-state index contributed by atoms with van der Waals surface area (Å²) in [6.45, 7) is 1.04. The highest BCUT2D eigenvalue weighted by Gasteiger charge is 2.00.